The Morgan fingerprint density at radius 3 is 2.58 bits per heavy atom. The van der Waals surface area contributed by atoms with Crippen LogP contribution in [0.1, 0.15) is 43.6 Å². The summed E-state index contributed by atoms with van der Waals surface area (Å²) in [6, 6.07) is 7.85. The lowest BCUT2D eigenvalue weighted by Crippen LogP contribution is -2.08. The third kappa shape index (κ3) is 3.54. The Hall–Kier alpha value is -1.88. The summed E-state index contributed by atoms with van der Waals surface area (Å²) in [5.41, 5.74) is 7.07. The van der Waals surface area contributed by atoms with E-state index in [1.165, 1.54) is 0 Å². The quantitative estimate of drug-likeness (QED) is 0.865. The van der Waals surface area contributed by atoms with Crippen molar-refractivity contribution >= 4 is 0 Å². The summed E-state index contributed by atoms with van der Waals surface area (Å²) < 4.78 is 10.6. The van der Waals surface area contributed by atoms with Crippen molar-refractivity contribution in [1.29, 1.82) is 0 Å². The Bertz CT molecular complexity index is 508. The van der Waals surface area contributed by atoms with E-state index >= 15 is 0 Å². The highest BCUT2D eigenvalue weighted by atomic mass is 16.5. The molecule has 2 N–H and O–H groups in total. The number of hydrogen-bond donors (Lipinski definition) is 1. The maximum Gasteiger partial charge on any atom is 0.264 e. The monoisotopic (exact) mass is 261 g/mol. The summed E-state index contributed by atoms with van der Waals surface area (Å²) in [6.07, 6.45) is 1.68. The van der Waals surface area contributed by atoms with Crippen molar-refractivity contribution in [3.8, 4) is 5.75 Å². The second-order valence-electron chi connectivity index (χ2n) is 4.33. The van der Waals surface area contributed by atoms with Gasteiger partial charge in [0, 0.05) is 12.5 Å². The number of rotatable bonds is 6. The molecule has 0 amide bonds. The predicted octanol–water partition coefficient (Wildman–Crippen LogP) is 2.62. The zero-order valence-electron chi connectivity index (χ0n) is 11.3. The minimum Gasteiger partial charge on any atom is -0.484 e. The van der Waals surface area contributed by atoms with E-state index in [1.807, 2.05) is 31.2 Å². The molecule has 0 aliphatic heterocycles. The lowest BCUT2D eigenvalue weighted by atomic mass is 10.1. The van der Waals surface area contributed by atoms with E-state index in [1.54, 1.807) is 0 Å². The molecule has 0 bridgehead atoms. The van der Waals surface area contributed by atoms with E-state index in [2.05, 4.69) is 17.1 Å². The molecule has 0 aliphatic carbocycles. The second kappa shape index (κ2) is 6.33. The van der Waals surface area contributed by atoms with Gasteiger partial charge in [-0.15, -0.1) is 0 Å². The molecule has 2 aromatic rings. The fourth-order valence-corrected chi connectivity index (χ4v) is 1.68. The van der Waals surface area contributed by atoms with Crippen molar-refractivity contribution in [2.75, 3.05) is 0 Å². The molecule has 0 saturated heterocycles. The first-order valence-electron chi connectivity index (χ1n) is 6.52. The van der Waals surface area contributed by atoms with Crippen molar-refractivity contribution in [2.24, 2.45) is 5.73 Å². The molecule has 5 heteroatoms. The lowest BCUT2D eigenvalue weighted by molar-refractivity contribution is 0.242. The van der Waals surface area contributed by atoms with Crippen LogP contribution < -0.4 is 10.5 Å². The lowest BCUT2D eigenvalue weighted by Gasteiger charge is -2.10. The van der Waals surface area contributed by atoms with Gasteiger partial charge >= 0.3 is 0 Å². The maximum atomic E-state index is 5.95. The van der Waals surface area contributed by atoms with Gasteiger partial charge in [-0.3, -0.25) is 0 Å². The van der Waals surface area contributed by atoms with Crippen LogP contribution in [0, 0.1) is 0 Å². The fraction of sp³-hybridized carbons (Fsp3) is 0.429. The second-order valence-corrected chi connectivity index (χ2v) is 4.33. The van der Waals surface area contributed by atoms with Crippen LogP contribution in [-0.2, 0) is 13.0 Å². The SMILES string of the molecule is CCc1noc(COc2ccc([C@@H](N)CC)cc2)n1. The first-order valence-corrected chi connectivity index (χ1v) is 6.52. The molecule has 102 valence electrons. The number of nitrogens with two attached hydrogens (primary N) is 1. The van der Waals surface area contributed by atoms with E-state index in [0.717, 1.165) is 24.2 Å². The molecule has 19 heavy (non-hydrogen) atoms. The molecule has 2 rings (SSSR count). The molecular formula is C14H19N3O2. The first-order chi connectivity index (χ1) is 9.22. The largest absolute Gasteiger partial charge is 0.484 e. The summed E-state index contributed by atoms with van der Waals surface area (Å²) in [4.78, 5) is 4.18. The third-order valence-electron chi connectivity index (χ3n) is 2.94. The normalized spacial score (nSPS) is 12.4. The number of aromatic nitrogens is 2. The molecule has 0 radical (unpaired) electrons. The molecule has 1 aromatic heterocycles. The van der Waals surface area contributed by atoms with Gasteiger partial charge in [-0.25, -0.2) is 0 Å². The Balaban J connectivity index is 1.92. The van der Waals surface area contributed by atoms with Gasteiger partial charge in [-0.2, -0.15) is 4.98 Å². The summed E-state index contributed by atoms with van der Waals surface area (Å²) in [5.74, 6) is 1.96. The van der Waals surface area contributed by atoms with E-state index in [-0.39, 0.29) is 12.6 Å². The number of benzene rings is 1. The summed E-state index contributed by atoms with van der Waals surface area (Å²) in [6.45, 7) is 4.33. The highest BCUT2D eigenvalue weighted by Gasteiger charge is 2.06. The van der Waals surface area contributed by atoms with Crippen LogP contribution in [0.2, 0.25) is 0 Å². The average Bonchev–Trinajstić information content (AvgIpc) is 2.93. The van der Waals surface area contributed by atoms with Gasteiger partial charge in [0.05, 0.1) is 0 Å². The predicted molar refractivity (Wildman–Crippen MR) is 71.7 cm³/mol. The van der Waals surface area contributed by atoms with Crippen LogP contribution in [-0.4, -0.2) is 10.1 Å². The van der Waals surface area contributed by atoms with Gasteiger partial charge in [-0.05, 0) is 24.1 Å². The van der Waals surface area contributed by atoms with E-state index < -0.39 is 0 Å². The number of nitrogens with zero attached hydrogens (tertiary/aromatic N) is 2. The highest BCUT2D eigenvalue weighted by Crippen LogP contribution is 2.18. The summed E-state index contributed by atoms with van der Waals surface area (Å²) >= 11 is 0. The molecule has 5 nitrogen and oxygen atoms in total. The van der Waals surface area contributed by atoms with Crippen molar-refractivity contribution in [3.05, 3.63) is 41.5 Å². The molecule has 0 aliphatic rings. The topological polar surface area (TPSA) is 74.2 Å². The summed E-state index contributed by atoms with van der Waals surface area (Å²) in [5, 5.41) is 3.81. The van der Waals surface area contributed by atoms with Crippen LogP contribution in [0.25, 0.3) is 0 Å². The molecular weight excluding hydrogens is 242 g/mol. The number of hydrogen-bond acceptors (Lipinski definition) is 5. The summed E-state index contributed by atoms with van der Waals surface area (Å²) in [7, 11) is 0. The van der Waals surface area contributed by atoms with Crippen molar-refractivity contribution in [1.82, 2.24) is 10.1 Å². The first kappa shape index (κ1) is 13.5. The molecule has 1 atom stereocenters. The molecule has 0 saturated carbocycles. The van der Waals surface area contributed by atoms with E-state index in [4.69, 9.17) is 15.0 Å². The minimum atomic E-state index is 0.0807. The smallest absolute Gasteiger partial charge is 0.264 e. The van der Waals surface area contributed by atoms with Crippen LogP contribution in [0.15, 0.2) is 28.8 Å². The van der Waals surface area contributed by atoms with Crippen LogP contribution >= 0.6 is 0 Å². The number of ether oxygens (including phenoxy) is 1. The van der Waals surface area contributed by atoms with Crippen LogP contribution in [0.5, 0.6) is 5.75 Å². The van der Waals surface area contributed by atoms with Crippen molar-refractivity contribution < 1.29 is 9.26 Å². The van der Waals surface area contributed by atoms with Gasteiger partial charge in [0.2, 0.25) is 0 Å². The van der Waals surface area contributed by atoms with Gasteiger partial charge < -0.3 is 15.0 Å². The molecule has 0 fully saturated rings. The van der Waals surface area contributed by atoms with Crippen LogP contribution in [0.4, 0.5) is 0 Å². The zero-order chi connectivity index (χ0) is 13.7. The Morgan fingerprint density at radius 1 is 1.26 bits per heavy atom. The van der Waals surface area contributed by atoms with E-state index in [9.17, 15) is 0 Å². The Morgan fingerprint density at radius 2 is 2.00 bits per heavy atom. The molecule has 0 unspecified atom stereocenters. The van der Waals surface area contributed by atoms with Gasteiger partial charge in [0.25, 0.3) is 5.89 Å². The number of aryl methyl sites for hydroxylation is 1. The standard InChI is InChI=1S/C14H19N3O2/c1-3-12(15)10-5-7-11(8-6-10)18-9-14-16-13(4-2)17-19-14/h5-8,12H,3-4,9,15H2,1-2H3/t12-/m0/s1. The zero-order valence-corrected chi connectivity index (χ0v) is 11.3. The van der Waals surface area contributed by atoms with Gasteiger partial charge in [0.15, 0.2) is 12.4 Å². The van der Waals surface area contributed by atoms with Crippen LogP contribution in [0.3, 0.4) is 0 Å². The maximum absolute atomic E-state index is 5.95. The minimum absolute atomic E-state index is 0.0807. The Labute approximate surface area is 112 Å². The molecule has 1 aromatic carbocycles. The van der Waals surface area contributed by atoms with Crippen molar-refractivity contribution in [2.45, 2.75) is 39.3 Å². The van der Waals surface area contributed by atoms with E-state index in [0.29, 0.717) is 11.7 Å². The molecule has 0 spiro atoms. The molecule has 1 heterocycles. The van der Waals surface area contributed by atoms with Crippen molar-refractivity contribution in [3.63, 3.8) is 0 Å². The van der Waals surface area contributed by atoms with Gasteiger partial charge in [0.1, 0.15) is 5.75 Å². The average molecular weight is 261 g/mol. The van der Waals surface area contributed by atoms with Gasteiger partial charge in [-0.1, -0.05) is 31.1 Å². The fourth-order valence-electron chi connectivity index (χ4n) is 1.68. The highest BCUT2D eigenvalue weighted by molar-refractivity contribution is 5.29. The third-order valence-corrected chi connectivity index (χ3v) is 2.94. The Kier molecular flexibility index (Phi) is 4.52.